The number of nitrogens with one attached hydrogen (secondary N) is 1. The Kier molecular flexibility index (Phi) is 7.39. The molecule has 156 valence electrons. The molecule has 29 heavy (non-hydrogen) atoms. The number of benzene rings is 1. The van der Waals surface area contributed by atoms with Gasteiger partial charge in [0.1, 0.15) is 10.1 Å². The SMILES string of the molecule is Cc1c(C[C@@H](N)CCOC(F)F)c(Br)n2nc(Cl)nc(NCc3ccccc3)c12. The summed E-state index contributed by atoms with van der Waals surface area (Å²) in [6.07, 6.45) is 0.784. The predicted molar refractivity (Wildman–Crippen MR) is 112 cm³/mol. The van der Waals surface area contributed by atoms with Crippen LogP contribution in [0.3, 0.4) is 0 Å². The smallest absolute Gasteiger partial charge is 0.345 e. The minimum atomic E-state index is -2.79. The monoisotopic (exact) mass is 487 g/mol. The van der Waals surface area contributed by atoms with E-state index in [1.807, 2.05) is 37.3 Å². The molecule has 0 fully saturated rings. The molecule has 0 amide bonds. The Morgan fingerprint density at radius 1 is 1.31 bits per heavy atom. The van der Waals surface area contributed by atoms with Crippen molar-refractivity contribution >= 4 is 38.9 Å². The summed E-state index contributed by atoms with van der Waals surface area (Å²) in [6, 6.07) is 9.58. The van der Waals surface area contributed by atoms with Gasteiger partial charge in [0.2, 0.25) is 5.28 Å². The van der Waals surface area contributed by atoms with E-state index in [1.165, 1.54) is 0 Å². The molecule has 3 aromatic rings. The molecule has 0 aliphatic rings. The topological polar surface area (TPSA) is 77.5 Å². The number of aryl methyl sites for hydroxylation is 1. The third-order valence-corrected chi connectivity index (χ3v) is 5.54. The molecular weight excluding hydrogens is 468 g/mol. The summed E-state index contributed by atoms with van der Waals surface area (Å²) < 4.78 is 31.0. The maximum atomic E-state index is 12.1. The quantitative estimate of drug-likeness (QED) is 0.461. The van der Waals surface area contributed by atoms with Crippen LogP contribution in [0.1, 0.15) is 23.1 Å². The average molecular weight is 489 g/mol. The Balaban J connectivity index is 1.85. The van der Waals surface area contributed by atoms with Gasteiger partial charge in [-0.15, -0.1) is 5.10 Å². The van der Waals surface area contributed by atoms with Crippen molar-refractivity contribution in [1.29, 1.82) is 0 Å². The Labute approximate surface area is 180 Å². The van der Waals surface area contributed by atoms with E-state index >= 15 is 0 Å². The largest absolute Gasteiger partial charge is 0.364 e. The van der Waals surface area contributed by atoms with Crippen molar-refractivity contribution in [1.82, 2.24) is 14.6 Å². The van der Waals surface area contributed by atoms with Crippen molar-refractivity contribution in [2.24, 2.45) is 5.73 Å². The van der Waals surface area contributed by atoms with Crippen molar-refractivity contribution in [3.63, 3.8) is 0 Å². The van der Waals surface area contributed by atoms with Crippen LogP contribution in [0, 0.1) is 6.92 Å². The summed E-state index contributed by atoms with van der Waals surface area (Å²) >= 11 is 9.69. The molecule has 0 bridgehead atoms. The normalized spacial score (nSPS) is 12.7. The van der Waals surface area contributed by atoms with E-state index in [-0.39, 0.29) is 17.9 Å². The van der Waals surface area contributed by atoms with Gasteiger partial charge >= 0.3 is 6.61 Å². The summed E-state index contributed by atoms with van der Waals surface area (Å²) in [5.74, 6) is 0.605. The third kappa shape index (κ3) is 5.42. The van der Waals surface area contributed by atoms with E-state index in [0.29, 0.717) is 29.8 Å². The standard InChI is InChI=1S/C19H21BrClF2N5O/c1-11-14(9-13(24)7-8-29-19(22)23)16(20)28-15(11)17(26-18(21)27-28)25-10-12-5-3-2-4-6-12/h2-6,13,19H,7-10,24H2,1H3,(H,25,26,27)/t13-/m0/s1. The van der Waals surface area contributed by atoms with Crippen LogP contribution in [0.25, 0.3) is 5.52 Å². The molecule has 1 atom stereocenters. The van der Waals surface area contributed by atoms with Gasteiger partial charge in [0, 0.05) is 12.6 Å². The van der Waals surface area contributed by atoms with E-state index in [9.17, 15) is 8.78 Å². The highest BCUT2D eigenvalue weighted by atomic mass is 79.9. The van der Waals surface area contributed by atoms with Gasteiger partial charge in [-0.05, 0) is 64.0 Å². The lowest BCUT2D eigenvalue weighted by Crippen LogP contribution is -2.25. The van der Waals surface area contributed by atoms with Crippen LogP contribution < -0.4 is 11.1 Å². The average Bonchev–Trinajstić information content (AvgIpc) is 2.91. The van der Waals surface area contributed by atoms with Crippen LogP contribution >= 0.6 is 27.5 Å². The number of nitrogens with zero attached hydrogens (tertiary/aromatic N) is 3. The minimum absolute atomic E-state index is 0.0988. The van der Waals surface area contributed by atoms with E-state index in [0.717, 1.165) is 22.2 Å². The number of rotatable bonds is 9. The van der Waals surface area contributed by atoms with Crippen molar-refractivity contribution in [2.45, 2.75) is 39.0 Å². The lowest BCUT2D eigenvalue weighted by atomic mass is 10.0. The summed E-state index contributed by atoms with van der Waals surface area (Å²) in [7, 11) is 0. The first-order chi connectivity index (χ1) is 13.9. The van der Waals surface area contributed by atoms with Gasteiger partial charge in [0.05, 0.1) is 6.61 Å². The number of fused-ring (bicyclic) bond motifs is 1. The molecule has 0 radical (unpaired) electrons. The lowest BCUT2D eigenvalue weighted by Gasteiger charge is -2.12. The Hall–Kier alpha value is -1.81. The zero-order valence-corrected chi connectivity index (χ0v) is 18.1. The molecule has 3 rings (SSSR count). The highest BCUT2D eigenvalue weighted by molar-refractivity contribution is 9.10. The number of halogens is 4. The second-order valence-corrected chi connectivity index (χ2v) is 7.70. The minimum Gasteiger partial charge on any atom is -0.364 e. The Morgan fingerprint density at radius 2 is 2.03 bits per heavy atom. The van der Waals surface area contributed by atoms with E-state index in [2.05, 4.69) is 36.1 Å². The van der Waals surface area contributed by atoms with E-state index < -0.39 is 6.61 Å². The van der Waals surface area contributed by atoms with Crippen molar-refractivity contribution in [3.05, 3.63) is 56.9 Å². The molecule has 0 unspecified atom stereocenters. The number of alkyl halides is 2. The maximum absolute atomic E-state index is 12.1. The molecule has 0 saturated heterocycles. The van der Waals surface area contributed by atoms with Gasteiger partial charge < -0.3 is 15.8 Å². The van der Waals surface area contributed by atoms with Crippen molar-refractivity contribution in [3.8, 4) is 0 Å². The molecule has 1 aromatic carbocycles. The van der Waals surface area contributed by atoms with Crippen molar-refractivity contribution in [2.75, 3.05) is 11.9 Å². The van der Waals surface area contributed by atoms with Gasteiger partial charge in [-0.1, -0.05) is 30.3 Å². The number of ether oxygens (including phenoxy) is 1. The first kappa shape index (κ1) is 21.9. The molecule has 0 spiro atoms. The second kappa shape index (κ2) is 9.80. The fourth-order valence-corrected chi connectivity index (χ4v) is 4.00. The molecule has 0 saturated carbocycles. The first-order valence-corrected chi connectivity index (χ1v) is 10.2. The van der Waals surface area contributed by atoms with Gasteiger partial charge in [0.15, 0.2) is 5.82 Å². The highest BCUT2D eigenvalue weighted by Gasteiger charge is 2.21. The summed E-state index contributed by atoms with van der Waals surface area (Å²) in [5.41, 5.74) is 9.87. The molecular formula is C19H21BrClF2N5O. The number of aromatic nitrogens is 3. The zero-order chi connectivity index (χ0) is 21.0. The van der Waals surface area contributed by atoms with Crippen LogP contribution in [-0.2, 0) is 17.7 Å². The van der Waals surface area contributed by atoms with Crippen LogP contribution in [0.5, 0.6) is 0 Å². The highest BCUT2D eigenvalue weighted by Crippen LogP contribution is 2.32. The van der Waals surface area contributed by atoms with Crippen LogP contribution in [0.4, 0.5) is 14.6 Å². The second-order valence-electron chi connectivity index (χ2n) is 6.61. The summed E-state index contributed by atoms with van der Waals surface area (Å²) in [5, 5.41) is 7.70. The van der Waals surface area contributed by atoms with Gasteiger partial charge in [-0.3, -0.25) is 0 Å². The van der Waals surface area contributed by atoms with E-state index in [1.54, 1.807) is 4.52 Å². The van der Waals surface area contributed by atoms with E-state index in [4.69, 9.17) is 17.3 Å². The van der Waals surface area contributed by atoms with Gasteiger partial charge in [0.25, 0.3) is 0 Å². The molecule has 10 heteroatoms. The first-order valence-electron chi connectivity index (χ1n) is 9.03. The Morgan fingerprint density at radius 3 is 2.72 bits per heavy atom. The fourth-order valence-electron chi connectivity index (χ4n) is 3.12. The molecule has 2 heterocycles. The number of hydrogen-bond donors (Lipinski definition) is 2. The summed E-state index contributed by atoms with van der Waals surface area (Å²) in [6.45, 7) is -0.365. The third-order valence-electron chi connectivity index (χ3n) is 4.57. The maximum Gasteiger partial charge on any atom is 0.345 e. The van der Waals surface area contributed by atoms with Crippen LogP contribution in [0.15, 0.2) is 34.9 Å². The zero-order valence-electron chi connectivity index (χ0n) is 15.7. The van der Waals surface area contributed by atoms with Crippen LogP contribution in [0.2, 0.25) is 5.28 Å². The number of anilines is 1. The molecule has 0 aliphatic heterocycles. The Bertz CT molecular complexity index is 970. The summed E-state index contributed by atoms with van der Waals surface area (Å²) in [4.78, 5) is 4.35. The molecule has 0 aliphatic carbocycles. The van der Waals surface area contributed by atoms with Gasteiger partial charge in [-0.2, -0.15) is 13.8 Å². The van der Waals surface area contributed by atoms with Crippen molar-refractivity contribution < 1.29 is 13.5 Å². The number of nitrogens with two attached hydrogens (primary N) is 1. The van der Waals surface area contributed by atoms with Crippen LogP contribution in [-0.4, -0.2) is 33.9 Å². The predicted octanol–water partition coefficient (Wildman–Crippen LogP) is 4.56. The molecule has 2 aromatic heterocycles. The molecule has 6 nitrogen and oxygen atoms in total. The fraction of sp³-hybridized carbons (Fsp3) is 0.368. The lowest BCUT2D eigenvalue weighted by molar-refractivity contribution is -0.129. The molecule has 3 N–H and O–H groups in total. The van der Waals surface area contributed by atoms with Gasteiger partial charge in [-0.25, -0.2) is 4.52 Å². The number of hydrogen-bond acceptors (Lipinski definition) is 5.